The van der Waals surface area contributed by atoms with Gasteiger partial charge in [-0.1, -0.05) is 12.1 Å². The highest BCUT2D eigenvalue weighted by molar-refractivity contribution is 5.89. The smallest absolute Gasteiger partial charge is 0.331 e. The van der Waals surface area contributed by atoms with Crippen LogP contribution < -0.4 is 5.43 Å². The van der Waals surface area contributed by atoms with Crippen molar-refractivity contribution in [3.63, 3.8) is 0 Å². The molecule has 224 valence electrons. The first-order valence-electron chi connectivity index (χ1n) is 12.8. The van der Waals surface area contributed by atoms with Gasteiger partial charge in [0.05, 0.1) is 12.2 Å². The van der Waals surface area contributed by atoms with Crippen LogP contribution in [0, 0.1) is 0 Å². The quantitative estimate of drug-likeness (QED) is 0.0905. The summed E-state index contributed by atoms with van der Waals surface area (Å²) in [4.78, 5) is 25.8. The van der Waals surface area contributed by atoms with Crippen LogP contribution in [0.2, 0.25) is 0 Å². The molecule has 0 amide bonds. The monoisotopic (exact) mass is 594 g/mol. The van der Waals surface area contributed by atoms with Gasteiger partial charge in [-0.15, -0.1) is 0 Å². The molecule has 5 atom stereocenters. The van der Waals surface area contributed by atoms with E-state index in [0.717, 1.165) is 24.3 Å². The standard InChI is InChI=1S/C30H26O13/c31-12-22-26(38)28(40)30(43-23(37)8-3-13-1-5-15(32)6-2-13)29(42-22)25-19(36)11-21-24(27(25)39)18(35)10-20(41-21)14-4-7-16(33)17(34)9-14/h1-11,22,26,28-34,36,38-40H,12H2/b8-3+/t22?,26-,28+,29+,30?/m1/s1. The highest BCUT2D eigenvalue weighted by Crippen LogP contribution is 2.45. The van der Waals surface area contributed by atoms with Gasteiger partial charge < -0.3 is 54.7 Å². The van der Waals surface area contributed by atoms with Gasteiger partial charge in [0.1, 0.15) is 58.4 Å². The van der Waals surface area contributed by atoms with Crippen molar-refractivity contribution in [3.05, 3.63) is 82.0 Å². The van der Waals surface area contributed by atoms with Gasteiger partial charge in [-0.3, -0.25) is 4.79 Å². The molecule has 13 heteroatoms. The van der Waals surface area contributed by atoms with Crippen LogP contribution in [0.4, 0.5) is 0 Å². The fourth-order valence-corrected chi connectivity index (χ4v) is 4.78. The summed E-state index contributed by atoms with van der Waals surface area (Å²) in [5, 5.41) is 81.5. The van der Waals surface area contributed by atoms with Gasteiger partial charge in [0.25, 0.3) is 0 Å². The number of carbonyl (C=O) groups excluding carboxylic acids is 1. The first kappa shape index (κ1) is 29.4. The Hall–Kier alpha value is -5.08. The predicted molar refractivity (Wildman–Crippen MR) is 148 cm³/mol. The molecule has 0 spiro atoms. The maximum atomic E-state index is 13.1. The Balaban J connectivity index is 1.54. The first-order chi connectivity index (χ1) is 20.5. The SMILES string of the molecule is O=C(/C=C/c1ccc(O)cc1)OC1[C@@H](O)[C@H](O)C(CO)O[C@H]1c1c(O)cc2oc(-c3ccc(O)c(O)c3)cc(=O)c2c1O. The number of carbonyl (C=O) groups is 1. The number of fused-ring (bicyclic) bond motifs is 1. The third-order valence-electron chi connectivity index (χ3n) is 6.98. The van der Waals surface area contributed by atoms with E-state index in [9.17, 15) is 50.4 Å². The number of hydrogen-bond acceptors (Lipinski definition) is 13. The van der Waals surface area contributed by atoms with Gasteiger partial charge in [0, 0.05) is 23.8 Å². The second-order valence-corrected chi connectivity index (χ2v) is 9.79. The number of hydrogen-bond donors (Lipinski definition) is 8. The Labute approximate surface area is 242 Å². The fraction of sp³-hybridized carbons (Fsp3) is 0.200. The number of aromatic hydroxyl groups is 5. The minimum Gasteiger partial charge on any atom is -0.508 e. The molecule has 2 heterocycles. The maximum absolute atomic E-state index is 13.1. The molecule has 2 unspecified atom stereocenters. The van der Waals surface area contributed by atoms with Gasteiger partial charge in [0.2, 0.25) is 0 Å². The van der Waals surface area contributed by atoms with E-state index in [1.54, 1.807) is 0 Å². The van der Waals surface area contributed by atoms with Crippen LogP contribution in [0.25, 0.3) is 28.4 Å². The van der Waals surface area contributed by atoms with Crippen molar-refractivity contribution >= 4 is 23.0 Å². The van der Waals surface area contributed by atoms with Gasteiger partial charge in [-0.05, 0) is 42.0 Å². The number of rotatable bonds is 6. The minimum absolute atomic E-state index is 0.0115. The number of ether oxygens (including phenoxy) is 2. The Morgan fingerprint density at radius 1 is 0.884 bits per heavy atom. The Morgan fingerprint density at radius 2 is 1.60 bits per heavy atom. The van der Waals surface area contributed by atoms with Crippen molar-refractivity contribution in [2.24, 2.45) is 0 Å². The van der Waals surface area contributed by atoms with Crippen molar-refractivity contribution in [2.75, 3.05) is 6.61 Å². The summed E-state index contributed by atoms with van der Waals surface area (Å²) in [6, 6.07) is 11.5. The molecule has 5 rings (SSSR count). The lowest BCUT2D eigenvalue weighted by molar-refractivity contribution is -0.240. The van der Waals surface area contributed by atoms with Crippen LogP contribution in [0.5, 0.6) is 28.7 Å². The summed E-state index contributed by atoms with van der Waals surface area (Å²) in [6.45, 7) is -0.795. The van der Waals surface area contributed by atoms with E-state index < -0.39 is 82.5 Å². The molecule has 43 heavy (non-hydrogen) atoms. The number of benzene rings is 3. The molecular weight excluding hydrogens is 568 g/mol. The van der Waals surface area contributed by atoms with Crippen LogP contribution in [0.1, 0.15) is 17.2 Å². The third-order valence-corrected chi connectivity index (χ3v) is 6.98. The molecule has 1 aliphatic rings. The molecule has 0 radical (unpaired) electrons. The molecule has 8 N–H and O–H groups in total. The zero-order valence-corrected chi connectivity index (χ0v) is 22.1. The van der Waals surface area contributed by atoms with Gasteiger partial charge in [0.15, 0.2) is 23.0 Å². The summed E-state index contributed by atoms with van der Waals surface area (Å²) in [7, 11) is 0. The van der Waals surface area contributed by atoms with Gasteiger partial charge >= 0.3 is 5.97 Å². The van der Waals surface area contributed by atoms with Crippen molar-refractivity contribution in [3.8, 4) is 40.1 Å². The van der Waals surface area contributed by atoms with Crippen LogP contribution in [-0.4, -0.2) is 77.8 Å². The predicted octanol–water partition coefficient (Wildman–Crippen LogP) is 1.77. The molecular formula is C30H26O13. The molecule has 1 aromatic heterocycles. The zero-order valence-electron chi connectivity index (χ0n) is 22.1. The van der Waals surface area contributed by atoms with Crippen molar-refractivity contribution in [1.29, 1.82) is 0 Å². The topological polar surface area (TPSA) is 228 Å². The van der Waals surface area contributed by atoms with Crippen molar-refractivity contribution < 1.29 is 59.5 Å². The van der Waals surface area contributed by atoms with Gasteiger partial charge in [-0.25, -0.2) is 4.79 Å². The highest BCUT2D eigenvalue weighted by atomic mass is 16.6. The Bertz CT molecular complexity index is 1760. The van der Waals surface area contributed by atoms with E-state index in [-0.39, 0.29) is 22.7 Å². The number of esters is 1. The van der Waals surface area contributed by atoms with E-state index >= 15 is 0 Å². The molecule has 3 aromatic carbocycles. The zero-order chi connectivity index (χ0) is 31.0. The molecule has 0 bridgehead atoms. The Morgan fingerprint density at radius 3 is 2.28 bits per heavy atom. The third kappa shape index (κ3) is 5.69. The summed E-state index contributed by atoms with van der Waals surface area (Å²) >= 11 is 0. The second-order valence-electron chi connectivity index (χ2n) is 9.79. The highest BCUT2D eigenvalue weighted by Gasteiger charge is 2.49. The lowest BCUT2D eigenvalue weighted by atomic mass is 9.89. The second kappa shape index (κ2) is 11.7. The summed E-state index contributed by atoms with van der Waals surface area (Å²) in [5.74, 6) is -3.50. The van der Waals surface area contributed by atoms with Crippen molar-refractivity contribution in [1.82, 2.24) is 0 Å². The molecule has 1 saturated heterocycles. The van der Waals surface area contributed by atoms with E-state index in [2.05, 4.69) is 0 Å². The van der Waals surface area contributed by atoms with Crippen molar-refractivity contribution in [2.45, 2.75) is 30.5 Å². The van der Waals surface area contributed by atoms with Crippen LogP contribution in [-0.2, 0) is 14.3 Å². The van der Waals surface area contributed by atoms with Gasteiger partial charge in [-0.2, -0.15) is 0 Å². The van der Waals surface area contributed by atoms with E-state index in [0.29, 0.717) is 5.56 Å². The number of phenolic OH excluding ortho intramolecular Hbond substituents is 5. The minimum atomic E-state index is -1.86. The first-order valence-corrected chi connectivity index (χ1v) is 12.8. The number of aliphatic hydroxyl groups is 3. The van der Waals surface area contributed by atoms with Crippen LogP contribution in [0.15, 0.2) is 69.9 Å². The molecule has 1 fully saturated rings. The maximum Gasteiger partial charge on any atom is 0.331 e. The molecule has 0 aliphatic carbocycles. The van der Waals surface area contributed by atoms with E-state index in [4.69, 9.17) is 13.9 Å². The molecule has 4 aromatic rings. The van der Waals surface area contributed by atoms with E-state index in [1.165, 1.54) is 42.5 Å². The molecule has 1 aliphatic heterocycles. The largest absolute Gasteiger partial charge is 0.508 e. The summed E-state index contributed by atoms with van der Waals surface area (Å²) < 4.78 is 16.7. The fourth-order valence-electron chi connectivity index (χ4n) is 4.78. The summed E-state index contributed by atoms with van der Waals surface area (Å²) in [6.07, 6.45) is -6.11. The summed E-state index contributed by atoms with van der Waals surface area (Å²) in [5.41, 5.74) is -0.842. The van der Waals surface area contributed by atoms with E-state index in [1.807, 2.05) is 0 Å². The molecule has 13 nitrogen and oxygen atoms in total. The number of phenols is 5. The average molecular weight is 595 g/mol. The lowest BCUT2D eigenvalue weighted by Crippen LogP contribution is -2.56. The van der Waals surface area contributed by atoms with Crippen LogP contribution in [0.3, 0.4) is 0 Å². The van der Waals surface area contributed by atoms with Crippen LogP contribution >= 0.6 is 0 Å². The number of aliphatic hydroxyl groups excluding tert-OH is 3. The normalized spacial score (nSPS) is 22.2. The molecule has 0 saturated carbocycles. The lowest BCUT2D eigenvalue weighted by Gasteiger charge is -2.42. The Kier molecular flexibility index (Phi) is 7.98. The average Bonchev–Trinajstić information content (AvgIpc) is 2.97.